The zero-order valence-corrected chi connectivity index (χ0v) is 16.6. The Kier molecular flexibility index (Phi) is 7.03. The summed E-state index contributed by atoms with van der Waals surface area (Å²) < 4.78 is 0. The van der Waals surface area contributed by atoms with Crippen LogP contribution in [0.1, 0.15) is 36.5 Å². The number of amides is 3. The van der Waals surface area contributed by atoms with Gasteiger partial charge in [0.25, 0.3) is 5.91 Å². The number of hydrogen-bond donors (Lipinski definition) is 1. The molecule has 0 unspecified atom stereocenters. The van der Waals surface area contributed by atoms with Gasteiger partial charge in [-0.1, -0.05) is 18.2 Å². The van der Waals surface area contributed by atoms with Gasteiger partial charge in [0.2, 0.25) is 11.8 Å². The number of carbonyl (C=O) groups is 3. The van der Waals surface area contributed by atoms with Crippen molar-refractivity contribution < 1.29 is 14.4 Å². The van der Waals surface area contributed by atoms with E-state index in [9.17, 15) is 14.4 Å². The molecule has 3 rings (SSSR count). The summed E-state index contributed by atoms with van der Waals surface area (Å²) in [5.74, 6) is 0.0899. The molecule has 0 aromatic heterocycles. The largest absolute Gasteiger partial charge is 0.349 e. The van der Waals surface area contributed by atoms with Crippen molar-refractivity contribution in [2.24, 2.45) is 0 Å². The SMILES string of the molecule is C[C@H](CC(=O)N1CCN(CC(=O)N2CCCC2)CC1)NC(=O)c1ccccc1. The fraction of sp³-hybridized carbons (Fsp3) is 0.571. The number of carbonyl (C=O) groups excluding carboxylic acids is 3. The van der Waals surface area contributed by atoms with Crippen LogP contribution in [0.3, 0.4) is 0 Å². The molecule has 1 aromatic carbocycles. The van der Waals surface area contributed by atoms with Gasteiger partial charge in [-0.05, 0) is 31.9 Å². The molecular weight excluding hydrogens is 356 g/mol. The first-order valence-corrected chi connectivity index (χ1v) is 10.2. The second-order valence-electron chi connectivity index (χ2n) is 7.69. The van der Waals surface area contributed by atoms with E-state index in [0.29, 0.717) is 25.2 Å². The third-order valence-corrected chi connectivity index (χ3v) is 5.44. The topological polar surface area (TPSA) is 73.0 Å². The minimum absolute atomic E-state index is 0.0476. The number of nitrogens with zero attached hydrogens (tertiary/aromatic N) is 3. The summed E-state index contributed by atoms with van der Waals surface area (Å²) >= 11 is 0. The maximum Gasteiger partial charge on any atom is 0.251 e. The van der Waals surface area contributed by atoms with E-state index >= 15 is 0 Å². The van der Waals surface area contributed by atoms with E-state index < -0.39 is 0 Å². The van der Waals surface area contributed by atoms with E-state index in [2.05, 4.69) is 10.2 Å². The Labute approximate surface area is 166 Å². The van der Waals surface area contributed by atoms with Gasteiger partial charge in [-0.25, -0.2) is 0 Å². The molecule has 2 fully saturated rings. The highest BCUT2D eigenvalue weighted by atomic mass is 16.2. The highest BCUT2D eigenvalue weighted by Gasteiger charge is 2.26. The van der Waals surface area contributed by atoms with Gasteiger partial charge in [-0.15, -0.1) is 0 Å². The molecule has 0 saturated carbocycles. The molecule has 0 spiro atoms. The van der Waals surface area contributed by atoms with Crippen molar-refractivity contribution >= 4 is 17.7 Å². The van der Waals surface area contributed by atoms with Gasteiger partial charge in [-0.2, -0.15) is 0 Å². The molecule has 28 heavy (non-hydrogen) atoms. The highest BCUT2D eigenvalue weighted by Crippen LogP contribution is 2.10. The van der Waals surface area contributed by atoms with Gasteiger partial charge in [-0.3, -0.25) is 19.3 Å². The average molecular weight is 386 g/mol. The van der Waals surface area contributed by atoms with Crippen molar-refractivity contribution in [2.75, 3.05) is 45.8 Å². The summed E-state index contributed by atoms with van der Waals surface area (Å²) in [5.41, 5.74) is 0.595. The lowest BCUT2D eigenvalue weighted by Crippen LogP contribution is -2.52. The first-order chi connectivity index (χ1) is 13.5. The lowest BCUT2D eigenvalue weighted by Gasteiger charge is -2.35. The standard InChI is InChI=1S/C21H30N4O3/c1-17(22-21(28)18-7-3-2-4-8-18)15-19(26)25-13-11-23(12-14-25)16-20(27)24-9-5-6-10-24/h2-4,7-8,17H,5-6,9-16H2,1H3,(H,22,28)/t17-/m1/s1. The zero-order chi connectivity index (χ0) is 19.9. The average Bonchev–Trinajstić information content (AvgIpc) is 3.24. The second-order valence-corrected chi connectivity index (χ2v) is 7.69. The van der Waals surface area contributed by atoms with Crippen LogP contribution in [0.15, 0.2) is 30.3 Å². The van der Waals surface area contributed by atoms with E-state index in [0.717, 1.165) is 39.0 Å². The minimum atomic E-state index is -0.227. The van der Waals surface area contributed by atoms with Crippen LogP contribution >= 0.6 is 0 Å². The molecule has 2 aliphatic rings. The normalized spacial score (nSPS) is 18.8. The molecule has 0 bridgehead atoms. The number of nitrogens with one attached hydrogen (secondary N) is 1. The Hall–Kier alpha value is -2.41. The van der Waals surface area contributed by atoms with E-state index in [1.165, 1.54) is 0 Å². The first kappa shape index (κ1) is 20.3. The predicted octanol–water partition coefficient (Wildman–Crippen LogP) is 0.962. The van der Waals surface area contributed by atoms with Crippen LogP contribution in [0.25, 0.3) is 0 Å². The molecule has 2 saturated heterocycles. The quantitative estimate of drug-likeness (QED) is 0.791. The highest BCUT2D eigenvalue weighted by molar-refractivity contribution is 5.94. The van der Waals surface area contributed by atoms with Crippen LogP contribution in [-0.2, 0) is 9.59 Å². The predicted molar refractivity (Wildman–Crippen MR) is 107 cm³/mol. The monoisotopic (exact) mass is 386 g/mol. The summed E-state index contributed by atoms with van der Waals surface area (Å²) in [6, 6.07) is 8.79. The Morgan fingerprint density at radius 1 is 0.893 bits per heavy atom. The van der Waals surface area contributed by atoms with E-state index in [1.54, 1.807) is 12.1 Å². The van der Waals surface area contributed by atoms with Gasteiger partial charge in [0, 0.05) is 57.3 Å². The van der Waals surface area contributed by atoms with E-state index in [-0.39, 0.29) is 30.2 Å². The number of benzene rings is 1. The lowest BCUT2D eigenvalue weighted by molar-refractivity contribution is -0.134. The molecule has 7 nitrogen and oxygen atoms in total. The van der Waals surface area contributed by atoms with Crippen LogP contribution < -0.4 is 5.32 Å². The number of piperazine rings is 1. The maximum atomic E-state index is 12.5. The Balaban J connectivity index is 1.38. The minimum Gasteiger partial charge on any atom is -0.349 e. The van der Waals surface area contributed by atoms with Crippen molar-refractivity contribution in [1.29, 1.82) is 0 Å². The molecule has 0 aliphatic carbocycles. The maximum absolute atomic E-state index is 12.5. The summed E-state index contributed by atoms with van der Waals surface area (Å²) in [5, 5.41) is 2.89. The number of likely N-dealkylation sites (tertiary alicyclic amines) is 1. The molecule has 1 aromatic rings. The van der Waals surface area contributed by atoms with E-state index in [4.69, 9.17) is 0 Å². The van der Waals surface area contributed by atoms with E-state index in [1.807, 2.05) is 34.9 Å². The lowest BCUT2D eigenvalue weighted by atomic mass is 10.1. The number of rotatable bonds is 6. The fourth-order valence-corrected chi connectivity index (χ4v) is 3.75. The second kappa shape index (κ2) is 9.68. The van der Waals surface area contributed by atoms with Gasteiger partial charge in [0.1, 0.15) is 0 Å². The summed E-state index contributed by atoms with van der Waals surface area (Å²) in [6.07, 6.45) is 2.49. The van der Waals surface area contributed by atoms with Gasteiger partial charge in [0.05, 0.1) is 6.54 Å². The van der Waals surface area contributed by atoms with Gasteiger partial charge >= 0.3 is 0 Å². The third kappa shape index (κ3) is 5.55. The van der Waals surface area contributed by atoms with Crippen LogP contribution in [0, 0.1) is 0 Å². The Morgan fingerprint density at radius 2 is 1.50 bits per heavy atom. The van der Waals surface area contributed by atoms with Crippen molar-refractivity contribution in [3.63, 3.8) is 0 Å². The van der Waals surface area contributed by atoms with Crippen molar-refractivity contribution in [3.8, 4) is 0 Å². The summed E-state index contributed by atoms with van der Waals surface area (Å²) in [4.78, 5) is 42.9. The number of hydrogen-bond acceptors (Lipinski definition) is 4. The van der Waals surface area contributed by atoms with Gasteiger partial charge in [0.15, 0.2) is 0 Å². The Bertz CT molecular complexity index is 680. The van der Waals surface area contributed by atoms with Gasteiger partial charge < -0.3 is 15.1 Å². The van der Waals surface area contributed by atoms with Crippen LogP contribution in [0.4, 0.5) is 0 Å². The molecule has 1 N–H and O–H groups in total. The smallest absolute Gasteiger partial charge is 0.251 e. The molecule has 152 valence electrons. The van der Waals surface area contributed by atoms with Crippen molar-refractivity contribution in [2.45, 2.75) is 32.2 Å². The molecule has 2 aliphatic heterocycles. The molecule has 0 radical (unpaired) electrons. The molecule has 7 heteroatoms. The van der Waals surface area contributed by atoms with Crippen molar-refractivity contribution in [3.05, 3.63) is 35.9 Å². The van der Waals surface area contributed by atoms with Crippen LogP contribution in [-0.4, -0.2) is 84.3 Å². The zero-order valence-electron chi connectivity index (χ0n) is 16.6. The summed E-state index contributed by atoms with van der Waals surface area (Å²) in [7, 11) is 0. The molecular formula is C21H30N4O3. The third-order valence-electron chi connectivity index (χ3n) is 5.44. The van der Waals surface area contributed by atoms with Crippen molar-refractivity contribution in [1.82, 2.24) is 20.0 Å². The summed E-state index contributed by atoms with van der Waals surface area (Å²) in [6.45, 7) is 6.76. The molecule has 1 atom stereocenters. The van der Waals surface area contributed by atoms with Crippen LogP contribution in [0.5, 0.6) is 0 Å². The Morgan fingerprint density at radius 3 is 2.14 bits per heavy atom. The first-order valence-electron chi connectivity index (χ1n) is 10.2. The molecule has 3 amide bonds. The van der Waals surface area contributed by atoms with Crippen LogP contribution in [0.2, 0.25) is 0 Å². The fourth-order valence-electron chi connectivity index (χ4n) is 3.75. The molecule has 2 heterocycles.